The monoisotopic (exact) mass is 439 g/mol. The van der Waals surface area contributed by atoms with E-state index in [2.05, 4.69) is 34.0 Å². The van der Waals surface area contributed by atoms with Gasteiger partial charge in [0.25, 0.3) is 0 Å². The molecule has 4 aromatic carbocycles. The summed E-state index contributed by atoms with van der Waals surface area (Å²) in [6, 6.07) is 27.1. The number of hydrogen-bond donors (Lipinski definition) is 2. The summed E-state index contributed by atoms with van der Waals surface area (Å²) in [4.78, 5) is 24.6. The third-order valence-corrected chi connectivity index (χ3v) is 5.35. The molecule has 0 saturated carbocycles. The molecule has 0 bridgehead atoms. The average Bonchev–Trinajstić information content (AvgIpc) is 2.84. The number of ether oxygens (including phenoxy) is 1. The first-order valence-corrected chi connectivity index (χ1v) is 10.9. The molecule has 0 spiro atoms. The Hall–Kier alpha value is -4.19. The predicted octanol–water partition coefficient (Wildman–Crippen LogP) is 5.32. The zero-order valence-corrected chi connectivity index (χ0v) is 18.3. The maximum atomic E-state index is 12.7. The first-order chi connectivity index (χ1) is 16.2. The van der Waals surface area contributed by atoms with Gasteiger partial charge in [-0.1, -0.05) is 78.9 Å². The zero-order valence-electron chi connectivity index (χ0n) is 18.3. The number of nitrogens with zero attached hydrogens (tertiary/aromatic N) is 1. The molecule has 4 rings (SSSR count). The molecule has 2 N–H and O–H groups in total. The topological polar surface area (TPSA) is 79.8 Å². The molecule has 0 unspecified atom stereocenters. The Labute approximate surface area is 192 Å². The lowest BCUT2D eigenvalue weighted by Gasteiger charge is -2.18. The SMILES string of the molecule is CCOC(=O)N[C@@H](CC(=O)N/N=C\c1c2ccccc2cc2ccccc12)c1ccccc1. The number of hydrogen-bond acceptors (Lipinski definition) is 4. The van der Waals surface area contributed by atoms with Crippen molar-refractivity contribution in [2.24, 2.45) is 5.10 Å². The van der Waals surface area contributed by atoms with Gasteiger partial charge >= 0.3 is 6.09 Å². The Bertz CT molecular complexity index is 1250. The van der Waals surface area contributed by atoms with Crippen LogP contribution in [0.3, 0.4) is 0 Å². The van der Waals surface area contributed by atoms with Crippen LogP contribution in [0.5, 0.6) is 0 Å². The van der Waals surface area contributed by atoms with Crippen molar-refractivity contribution < 1.29 is 14.3 Å². The Morgan fingerprint density at radius 1 is 0.909 bits per heavy atom. The summed E-state index contributed by atoms with van der Waals surface area (Å²) < 4.78 is 4.98. The summed E-state index contributed by atoms with van der Waals surface area (Å²) in [5.41, 5.74) is 4.35. The fourth-order valence-electron chi connectivity index (χ4n) is 3.84. The number of amides is 2. The van der Waals surface area contributed by atoms with Gasteiger partial charge in [-0.25, -0.2) is 10.2 Å². The van der Waals surface area contributed by atoms with E-state index in [1.807, 2.05) is 66.7 Å². The fourth-order valence-corrected chi connectivity index (χ4v) is 3.84. The minimum atomic E-state index is -0.565. The van der Waals surface area contributed by atoms with E-state index in [0.717, 1.165) is 32.7 Å². The maximum Gasteiger partial charge on any atom is 0.407 e. The number of alkyl carbamates (subject to hydrolysis) is 1. The van der Waals surface area contributed by atoms with Gasteiger partial charge in [0.15, 0.2) is 0 Å². The second-order valence-corrected chi connectivity index (χ2v) is 7.56. The number of benzene rings is 4. The van der Waals surface area contributed by atoms with Crippen LogP contribution in [0.15, 0.2) is 90.0 Å². The lowest BCUT2D eigenvalue weighted by Crippen LogP contribution is -2.33. The standard InChI is InChI=1S/C27H25N3O3/c1-2-33-27(32)29-25(19-10-4-3-5-11-19)17-26(31)30-28-18-24-22-14-8-6-12-20(22)16-21-13-7-9-15-23(21)24/h3-16,18,25H,2,17H2,1H3,(H,29,32)(H,30,31)/b28-18-/t25-/m0/s1. The molecule has 166 valence electrons. The quantitative estimate of drug-likeness (QED) is 0.232. The van der Waals surface area contributed by atoms with Crippen LogP contribution in [0.25, 0.3) is 21.5 Å². The van der Waals surface area contributed by atoms with Crippen molar-refractivity contribution in [2.75, 3.05) is 6.61 Å². The number of carbonyl (C=O) groups is 2. The second kappa shape index (κ2) is 10.4. The average molecular weight is 440 g/mol. The number of hydrazone groups is 1. The van der Waals surface area contributed by atoms with Gasteiger partial charge in [-0.2, -0.15) is 5.10 Å². The third kappa shape index (κ3) is 5.36. The first-order valence-electron chi connectivity index (χ1n) is 10.9. The number of fused-ring (bicyclic) bond motifs is 2. The van der Waals surface area contributed by atoms with Gasteiger partial charge < -0.3 is 10.1 Å². The summed E-state index contributed by atoms with van der Waals surface area (Å²) in [5.74, 6) is -0.318. The van der Waals surface area contributed by atoms with E-state index in [0.29, 0.717) is 0 Å². The highest BCUT2D eigenvalue weighted by Gasteiger charge is 2.18. The van der Waals surface area contributed by atoms with E-state index in [1.54, 1.807) is 13.1 Å². The van der Waals surface area contributed by atoms with Gasteiger partial charge in [0.2, 0.25) is 5.91 Å². The smallest absolute Gasteiger partial charge is 0.407 e. The molecule has 2 amide bonds. The van der Waals surface area contributed by atoms with Crippen molar-refractivity contribution in [2.45, 2.75) is 19.4 Å². The molecule has 0 radical (unpaired) electrons. The molecule has 6 nitrogen and oxygen atoms in total. The minimum absolute atomic E-state index is 0.0243. The Morgan fingerprint density at radius 3 is 2.15 bits per heavy atom. The summed E-state index contributed by atoms with van der Waals surface area (Å²) in [6.45, 7) is 1.98. The Balaban J connectivity index is 1.53. The van der Waals surface area contributed by atoms with Gasteiger partial charge in [-0.15, -0.1) is 0 Å². The molecule has 33 heavy (non-hydrogen) atoms. The molecular weight excluding hydrogens is 414 g/mol. The number of rotatable bonds is 7. The summed E-state index contributed by atoms with van der Waals surface area (Å²) in [7, 11) is 0. The maximum absolute atomic E-state index is 12.7. The zero-order chi connectivity index (χ0) is 23.0. The van der Waals surface area contributed by atoms with E-state index in [1.165, 1.54) is 0 Å². The van der Waals surface area contributed by atoms with Crippen LogP contribution in [0.2, 0.25) is 0 Å². The van der Waals surface area contributed by atoms with Crippen LogP contribution in [0.1, 0.15) is 30.5 Å². The Kier molecular flexibility index (Phi) is 6.95. The van der Waals surface area contributed by atoms with Crippen LogP contribution < -0.4 is 10.7 Å². The van der Waals surface area contributed by atoms with Crippen LogP contribution in [-0.4, -0.2) is 24.8 Å². The molecule has 0 aliphatic rings. The van der Waals surface area contributed by atoms with E-state index in [9.17, 15) is 9.59 Å². The molecule has 0 aliphatic heterocycles. The predicted molar refractivity (Wildman–Crippen MR) is 131 cm³/mol. The molecule has 0 fully saturated rings. The van der Waals surface area contributed by atoms with Gasteiger partial charge in [-0.05, 0) is 40.1 Å². The summed E-state index contributed by atoms with van der Waals surface area (Å²) in [6.07, 6.45) is 1.14. The minimum Gasteiger partial charge on any atom is -0.450 e. The van der Waals surface area contributed by atoms with Crippen molar-refractivity contribution in [3.63, 3.8) is 0 Å². The highest BCUT2D eigenvalue weighted by atomic mass is 16.5. The molecule has 0 heterocycles. The highest BCUT2D eigenvalue weighted by Crippen LogP contribution is 2.27. The molecule has 0 aliphatic carbocycles. The summed E-state index contributed by atoms with van der Waals surface area (Å²) >= 11 is 0. The normalized spacial score (nSPS) is 12.0. The van der Waals surface area contributed by atoms with E-state index >= 15 is 0 Å². The Morgan fingerprint density at radius 2 is 1.52 bits per heavy atom. The van der Waals surface area contributed by atoms with Crippen LogP contribution >= 0.6 is 0 Å². The lowest BCUT2D eigenvalue weighted by molar-refractivity contribution is -0.121. The van der Waals surface area contributed by atoms with E-state index < -0.39 is 12.1 Å². The van der Waals surface area contributed by atoms with Crippen LogP contribution in [-0.2, 0) is 9.53 Å². The third-order valence-electron chi connectivity index (χ3n) is 5.35. The van der Waals surface area contributed by atoms with Gasteiger partial charge in [0, 0.05) is 5.56 Å². The van der Waals surface area contributed by atoms with Crippen LogP contribution in [0, 0.1) is 0 Å². The molecule has 1 atom stereocenters. The van der Waals surface area contributed by atoms with E-state index in [-0.39, 0.29) is 18.9 Å². The lowest BCUT2D eigenvalue weighted by atomic mass is 9.97. The molecule has 0 saturated heterocycles. The highest BCUT2D eigenvalue weighted by molar-refractivity contribution is 6.13. The molecule has 0 aromatic heterocycles. The van der Waals surface area contributed by atoms with Gasteiger partial charge in [0.1, 0.15) is 0 Å². The van der Waals surface area contributed by atoms with Crippen molar-refractivity contribution >= 4 is 39.8 Å². The fraction of sp³-hybridized carbons (Fsp3) is 0.148. The molecule has 6 heteroatoms. The van der Waals surface area contributed by atoms with E-state index in [4.69, 9.17) is 4.74 Å². The van der Waals surface area contributed by atoms with Gasteiger partial charge in [0.05, 0.1) is 25.3 Å². The van der Waals surface area contributed by atoms with Crippen molar-refractivity contribution in [1.82, 2.24) is 10.7 Å². The summed E-state index contributed by atoms with van der Waals surface area (Å²) in [5, 5.41) is 11.3. The largest absolute Gasteiger partial charge is 0.450 e. The van der Waals surface area contributed by atoms with Gasteiger partial charge in [-0.3, -0.25) is 4.79 Å². The van der Waals surface area contributed by atoms with Crippen LogP contribution in [0.4, 0.5) is 4.79 Å². The van der Waals surface area contributed by atoms with Crippen molar-refractivity contribution in [1.29, 1.82) is 0 Å². The van der Waals surface area contributed by atoms with Crippen molar-refractivity contribution in [3.05, 3.63) is 96.1 Å². The number of carbonyl (C=O) groups excluding carboxylic acids is 2. The number of nitrogens with one attached hydrogen (secondary N) is 2. The molecule has 4 aromatic rings. The molecular formula is C27H25N3O3. The second-order valence-electron chi connectivity index (χ2n) is 7.56. The van der Waals surface area contributed by atoms with Crippen molar-refractivity contribution in [3.8, 4) is 0 Å². The first kappa shape index (κ1) is 22.0.